The highest BCUT2D eigenvalue weighted by Crippen LogP contribution is 2.25. The highest BCUT2D eigenvalue weighted by atomic mass is 16.3. The topological polar surface area (TPSA) is 25.2 Å². The summed E-state index contributed by atoms with van der Waals surface area (Å²) < 4.78 is 5.52. The molecule has 15 heavy (non-hydrogen) atoms. The molecule has 1 N–H and O–H groups in total. The van der Waals surface area contributed by atoms with Crippen molar-refractivity contribution in [3.05, 3.63) is 35.8 Å². The van der Waals surface area contributed by atoms with Crippen LogP contribution in [-0.2, 0) is 0 Å². The van der Waals surface area contributed by atoms with E-state index < -0.39 is 0 Å². The van der Waals surface area contributed by atoms with Gasteiger partial charge in [-0.1, -0.05) is 26.0 Å². The lowest BCUT2D eigenvalue weighted by Crippen LogP contribution is -2.21. The van der Waals surface area contributed by atoms with Crippen LogP contribution in [0, 0.1) is 6.92 Å². The van der Waals surface area contributed by atoms with Crippen LogP contribution < -0.4 is 5.32 Å². The predicted octanol–water partition coefficient (Wildman–Crippen LogP) is 3.59. The van der Waals surface area contributed by atoms with Crippen molar-refractivity contribution in [3.63, 3.8) is 0 Å². The van der Waals surface area contributed by atoms with Crippen LogP contribution in [0.25, 0.3) is 0 Å². The van der Waals surface area contributed by atoms with E-state index in [4.69, 9.17) is 4.42 Å². The lowest BCUT2D eigenvalue weighted by atomic mass is 10.0. The summed E-state index contributed by atoms with van der Waals surface area (Å²) in [5.41, 5.74) is 2.47. The average Bonchev–Trinajstić information content (AvgIpc) is 2.63. The monoisotopic (exact) mass is 207 g/mol. The van der Waals surface area contributed by atoms with Crippen LogP contribution in [0.1, 0.15) is 44.1 Å². The van der Waals surface area contributed by atoms with E-state index in [0.29, 0.717) is 0 Å². The number of nitrogens with one attached hydrogen (secondary N) is 1. The Hall–Kier alpha value is -1.02. The van der Waals surface area contributed by atoms with Crippen molar-refractivity contribution in [1.29, 1.82) is 0 Å². The Labute approximate surface area is 92.4 Å². The van der Waals surface area contributed by atoms with Crippen molar-refractivity contribution in [2.45, 2.75) is 39.7 Å². The Morgan fingerprint density at radius 2 is 2.27 bits per heavy atom. The molecule has 0 fully saturated rings. The van der Waals surface area contributed by atoms with Crippen LogP contribution in [0.15, 0.2) is 28.9 Å². The van der Waals surface area contributed by atoms with Crippen molar-refractivity contribution in [1.82, 2.24) is 5.32 Å². The zero-order chi connectivity index (χ0) is 11.3. The maximum absolute atomic E-state index is 5.52. The van der Waals surface area contributed by atoms with Crippen molar-refractivity contribution < 1.29 is 4.42 Å². The number of furan rings is 1. The molecule has 0 saturated carbocycles. The summed E-state index contributed by atoms with van der Waals surface area (Å²) in [6, 6.07) is 2.28. The van der Waals surface area contributed by atoms with Gasteiger partial charge in [0.25, 0.3) is 0 Å². The molecule has 84 valence electrons. The fourth-order valence-electron chi connectivity index (χ4n) is 1.68. The molecule has 0 amide bonds. The number of aryl methyl sites for hydroxylation is 1. The molecular weight excluding hydrogens is 186 g/mol. The summed E-state index contributed by atoms with van der Waals surface area (Å²) in [5, 5.41) is 3.44. The second-order valence-electron chi connectivity index (χ2n) is 3.89. The first-order valence-corrected chi connectivity index (χ1v) is 5.63. The molecule has 0 saturated heterocycles. The van der Waals surface area contributed by atoms with Crippen LogP contribution in [0.2, 0.25) is 0 Å². The van der Waals surface area contributed by atoms with Gasteiger partial charge >= 0.3 is 0 Å². The molecule has 1 unspecified atom stereocenters. The highest BCUT2D eigenvalue weighted by molar-refractivity contribution is 5.20. The van der Waals surface area contributed by atoms with E-state index in [-0.39, 0.29) is 6.04 Å². The average molecular weight is 207 g/mol. The van der Waals surface area contributed by atoms with Crippen LogP contribution in [0.4, 0.5) is 0 Å². The third kappa shape index (κ3) is 3.24. The fourth-order valence-corrected chi connectivity index (χ4v) is 1.68. The van der Waals surface area contributed by atoms with E-state index in [1.165, 1.54) is 11.1 Å². The summed E-state index contributed by atoms with van der Waals surface area (Å²) in [4.78, 5) is 0. The second-order valence-corrected chi connectivity index (χ2v) is 3.89. The SMILES string of the molecule is C=C(CC)CC(NCC)c1occc1C. The molecule has 1 aromatic rings. The van der Waals surface area contributed by atoms with Gasteiger partial charge in [-0.3, -0.25) is 0 Å². The molecule has 0 spiro atoms. The molecule has 0 aliphatic heterocycles. The Morgan fingerprint density at radius 3 is 2.73 bits per heavy atom. The van der Waals surface area contributed by atoms with Crippen molar-refractivity contribution in [2.75, 3.05) is 6.54 Å². The minimum absolute atomic E-state index is 0.275. The normalized spacial score (nSPS) is 12.7. The van der Waals surface area contributed by atoms with E-state index in [9.17, 15) is 0 Å². The van der Waals surface area contributed by atoms with Crippen LogP contribution >= 0.6 is 0 Å². The first-order chi connectivity index (χ1) is 7.19. The molecule has 0 radical (unpaired) electrons. The molecule has 1 aromatic heterocycles. The largest absolute Gasteiger partial charge is 0.467 e. The lowest BCUT2D eigenvalue weighted by molar-refractivity contribution is 0.411. The Morgan fingerprint density at radius 1 is 1.53 bits per heavy atom. The Bertz CT molecular complexity index is 314. The van der Waals surface area contributed by atoms with Gasteiger partial charge in [0.2, 0.25) is 0 Å². The van der Waals surface area contributed by atoms with Gasteiger partial charge in [-0.25, -0.2) is 0 Å². The maximum atomic E-state index is 5.52. The number of rotatable bonds is 6. The van der Waals surface area contributed by atoms with Gasteiger partial charge in [0, 0.05) is 0 Å². The van der Waals surface area contributed by atoms with Gasteiger partial charge in [0.1, 0.15) is 5.76 Å². The van der Waals surface area contributed by atoms with Gasteiger partial charge in [-0.2, -0.15) is 0 Å². The van der Waals surface area contributed by atoms with E-state index in [1.54, 1.807) is 6.26 Å². The van der Waals surface area contributed by atoms with E-state index in [2.05, 4.69) is 32.7 Å². The molecule has 0 aromatic carbocycles. The van der Waals surface area contributed by atoms with Crippen LogP contribution in [0.5, 0.6) is 0 Å². The minimum atomic E-state index is 0.275. The third-order valence-electron chi connectivity index (χ3n) is 2.66. The van der Waals surface area contributed by atoms with Crippen LogP contribution in [0.3, 0.4) is 0 Å². The molecule has 1 heterocycles. The fraction of sp³-hybridized carbons (Fsp3) is 0.538. The lowest BCUT2D eigenvalue weighted by Gasteiger charge is -2.17. The van der Waals surface area contributed by atoms with E-state index >= 15 is 0 Å². The minimum Gasteiger partial charge on any atom is -0.467 e. The van der Waals surface area contributed by atoms with Gasteiger partial charge < -0.3 is 9.73 Å². The highest BCUT2D eigenvalue weighted by Gasteiger charge is 2.16. The smallest absolute Gasteiger partial charge is 0.123 e. The number of hydrogen-bond donors (Lipinski definition) is 1. The van der Waals surface area contributed by atoms with Crippen LogP contribution in [-0.4, -0.2) is 6.54 Å². The third-order valence-corrected chi connectivity index (χ3v) is 2.66. The maximum Gasteiger partial charge on any atom is 0.123 e. The first kappa shape index (κ1) is 12.1. The molecule has 1 atom stereocenters. The zero-order valence-corrected chi connectivity index (χ0v) is 9.97. The second kappa shape index (κ2) is 5.76. The molecule has 2 nitrogen and oxygen atoms in total. The van der Waals surface area contributed by atoms with Crippen molar-refractivity contribution >= 4 is 0 Å². The molecule has 2 heteroatoms. The Balaban J connectivity index is 2.74. The van der Waals surface area contributed by atoms with E-state index in [0.717, 1.165) is 25.1 Å². The summed E-state index contributed by atoms with van der Waals surface area (Å²) >= 11 is 0. The summed E-state index contributed by atoms with van der Waals surface area (Å²) in [6.07, 6.45) is 3.74. The summed E-state index contributed by atoms with van der Waals surface area (Å²) in [5.74, 6) is 1.05. The quantitative estimate of drug-likeness (QED) is 0.721. The zero-order valence-electron chi connectivity index (χ0n) is 9.97. The number of hydrogen-bond acceptors (Lipinski definition) is 2. The van der Waals surface area contributed by atoms with Gasteiger partial charge in [-0.05, 0) is 37.9 Å². The summed E-state index contributed by atoms with van der Waals surface area (Å²) in [7, 11) is 0. The Kier molecular flexibility index (Phi) is 4.63. The van der Waals surface area contributed by atoms with Crippen molar-refractivity contribution in [3.8, 4) is 0 Å². The molecule has 0 aliphatic rings. The van der Waals surface area contributed by atoms with Gasteiger partial charge in [-0.15, -0.1) is 0 Å². The molecular formula is C13H21NO. The van der Waals surface area contributed by atoms with Gasteiger partial charge in [0.15, 0.2) is 0 Å². The van der Waals surface area contributed by atoms with E-state index in [1.807, 2.05) is 6.07 Å². The predicted molar refractivity (Wildman–Crippen MR) is 63.9 cm³/mol. The van der Waals surface area contributed by atoms with Gasteiger partial charge in [0.05, 0.1) is 12.3 Å². The molecule has 0 aliphatic carbocycles. The standard InChI is InChI=1S/C13H21NO/c1-5-10(3)9-12(14-6-2)13-11(4)7-8-15-13/h7-8,12,14H,3,5-6,9H2,1-2,4H3. The summed E-state index contributed by atoms with van der Waals surface area (Å²) in [6.45, 7) is 11.3. The first-order valence-electron chi connectivity index (χ1n) is 5.63. The van der Waals surface area contributed by atoms with Crippen molar-refractivity contribution in [2.24, 2.45) is 0 Å². The molecule has 1 rings (SSSR count). The molecule has 0 bridgehead atoms.